The molecule has 0 aliphatic rings. The Hall–Kier alpha value is -8.00. The third-order valence-corrected chi connectivity index (χ3v) is 12.1. The number of rotatable bonds is 8. The Balaban J connectivity index is 1.04. The highest BCUT2D eigenvalue weighted by atomic mass is 15.1. The summed E-state index contributed by atoms with van der Waals surface area (Å²) in [6.45, 7) is 0. The van der Waals surface area contributed by atoms with Crippen molar-refractivity contribution in [2.24, 2.45) is 0 Å². The minimum atomic E-state index is 1.09. The molecule has 11 aromatic carbocycles. The lowest BCUT2D eigenvalue weighted by atomic mass is 9.92. The fraction of sp³-hybridized carbons (Fsp3) is 0. The molecular weight excluding hydrogens is 735 g/mol. The average Bonchev–Trinajstić information content (AvgIpc) is 3.35. The van der Waals surface area contributed by atoms with Gasteiger partial charge in [-0.1, -0.05) is 206 Å². The lowest BCUT2D eigenvalue weighted by molar-refractivity contribution is 1.29. The molecule has 1 heteroatoms. The van der Waals surface area contributed by atoms with E-state index in [1.54, 1.807) is 0 Å². The second kappa shape index (κ2) is 15.6. The van der Waals surface area contributed by atoms with Gasteiger partial charge in [0.2, 0.25) is 0 Å². The van der Waals surface area contributed by atoms with Crippen molar-refractivity contribution in [3.63, 3.8) is 0 Å². The van der Waals surface area contributed by atoms with E-state index in [9.17, 15) is 0 Å². The summed E-state index contributed by atoms with van der Waals surface area (Å²) in [5, 5.41) is 7.46. The van der Waals surface area contributed by atoms with E-state index in [0.717, 1.165) is 17.1 Å². The van der Waals surface area contributed by atoms with E-state index in [1.165, 1.54) is 88.0 Å². The Kier molecular flexibility index (Phi) is 9.26. The van der Waals surface area contributed by atoms with Crippen LogP contribution in [0.4, 0.5) is 17.1 Å². The standard InChI is InChI=1S/C60H41N/c1-3-13-42(14-4-1)50-20-11-21-51(39-50)43-25-27-47(28-26-43)58-38-37-54(41-59(58)45-15-5-2-6-16-45)61(53-36-33-49-30-29-46-18-8-10-23-57(46)60(49)40-53)52-34-31-48(32-35-52)56-24-12-19-44-17-7-9-22-55(44)56/h1-41H. The molecule has 1 nitrogen and oxygen atoms in total. The molecule has 0 bridgehead atoms. The van der Waals surface area contributed by atoms with Crippen molar-refractivity contribution < 1.29 is 0 Å². The summed E-state index contributed by atoms with van der Waals surface area (Å²) in [6.07, 6.45) is 0. The van der Waals surface area contributed by atoms with Crippen LogP contribution in [0, 0.1) is 0 Å². The smallest absolute Gasteiger partial charge is 0.0468 e. The van der Waals surface area contributed by atoms with Crippen molar-refractivity contribution in [2.45, 2.75) is 0 Å². The van der Waals surface area contributed by atoms with E-state index in [0.29, 0.717) is 0 Å². The zero-order valence-corrected chi connectivity index (χ0v) is 33.6. The van der Waals surface area contributed by atoms with Gasteiger partial charge < -0.3 is 4.90 Å². The molecule has 0 unspecified atom stereocenters. The summed E-state index contributed by atoms with van der Waals surface area (Å²) < 4.78 is 0. The van der Waals surface area contributed by atoms with E-state index in [-0.39, 0.29) is 0 Å². The number of anilines is 3. The number of hydrogen-bond acceptors (Lipinski definition) is 1. The summed E-state index contributed by atoms with van der Waals surface area (Å²) >= 11 is 0. The summed E-state index contributed by atoms with van der Waals surface area (Å²) in [6, 6.07) is 90.5. The number of hydrogen-bond donors (Lipinski definition) is 0. The second-order valence-electron chi connectivity index (χ2n) is 15.7. The Labute approximate surface area is 357 Å². The number of nitrogens with zero attached hydrogens (tertiary/aromatic N) is 1. The highest BCUT2D eigenvalue weighted by molar-refractivity contribution is 6.09. The summed E-state index contributed by atoms with van der Waals surface area (Å²) in [5.41, 5.74) is 15.3. The van der Waals surface area contributed by atoms with Gasteiger partial charge in [0.15, 0.2) is 0 Å². The van der Waals surface area contributed by atoms with Gasteiger partial charge in [0.05, 0.1) is 0 Å². The van der Waals surface area contributed by atoms with Gasteiger partial charge >= 0.3 is 0 Å². The van der Waals surface area contributed by atoms with E-state index in [2.05, 4.69) is 254 Å². The molecule has 0 aliphatic heterocycles. The molecule has 0 heterocycles. The van der Waals surface area contributed by atoms with Crippen molar-refractivity contribution in [3.05, 3.63) is 249 Å². The largest absolute Gasteiger partial charge is 0.310 e. The van der Waals surface area contributed by atoms with Crippen LogP contribution in [-0.4, -0.2) is 0 Å². The third kappa shape index (κ3) is 6.93. The molecule has 0 radical (unpaired) electrons. The van der Waals surface area contributed by atoms with Crippen LogP contribution in [0.3, 0.4) is 0 Å². The van der Waals surface area contributed by atoms with E-state index in [1.807, 2.05) is 0 Å². The predicted octanol–water partition coefficient (Wildman–Crippen LogP) is 17.0. The van der Waals surface area contributed by atoms with Crippen LogP contribution in [0.5, 0.6) is 0 Å². The lowest BCUT2D eigenvalue weighted by Crippen LogP contribution is -2.10. The van der Waals surface area contributed by atoms with Crippen LogP contribution in [0.2, 0.25) is 0 Å². The monoisotopic (exact) mass is 775 g/mol. The first kappa shape index (κ1) is 36.1. The molecule has 0 saturated heterocycles. The Bertz CT molecular complexity index is 3330. The first-order valence-electron chi connectivity index (χ1n) is 21.0. The van der Waals surface area contributed by atoms with E-state index in [4.69, 9.17) is 0 Å². The van der Waals surface area contributed by atoms with Crippen LogP contribution in [0.15, 0.2) is 249 Å². The molecule has 0 fully saturated rings. The lowest BCUT2D eigenvalue weighted by Gasteiger charge is -2.27. The SMILES string of the molecule is c1ccc(-c2cccc(-c3ccc(-c4ccc(N(c5ccc(-c6cccc7ccccc67)cc5)c5ccc6ccc7ccccc7c6c5)cc4-c4ccccc4)cc3)c2)cc1. The van der Waals surface area contributed by atoms with Crippen LogP contribution >= 0.6 is 0 Å². The van der Waals surface area contributed by atoms with Crippen LogP contribution in [0.25, 0.3) is 88.0 Å². The molecule has 11 aromatic rings. The van der Waals surface area contributed by atoms with Gasteiger partial charge in [-0.15, -0.1) is 0 Å². The molecule has 286 valence electrons. The minimum absolute atomic E-state index is 1.09. The van der Waals surface area contributed by atoms with Gasteiger partial charge in [-0.25, -0.2) is 0 Å². The van der Waals surface area contributed by atoms with Crippen molar-refractivity contribution >= 4 is 49.4 Å². The topological polar surface area (TPSA) is 3.24 Å². The Morgan fingerprint density at radius 2 is 0.639 bits per heavy atom. The maximum Gasteiger partial charge on any atom is 0.0468 e. The van der Waals surface area contributed by atoms with Crippen LogP contribution in [-0.2, 0) is 0 Å². The zero-order chi connectivity index (χ0) is 40.5. The predicted molar refractivity (Wildman–Crippen MR) is 261 cm³/mol. The summed E-state index contributed by atoms with van der Waals surface area (Å²) in [5.74, 6) is 0. The molecule has 0 amide bonds. The highest BCUT2D eigenvalue weighted by Gasteiger charge is 2.18. The molecule has 61 heavy (non-hydrogen) atoms. The van der Waals surface area contributed by atoms with Crippen molar-refractivity contribution in [1.82, 2.24) is 0 Å². The van der Waals surface area contributed by atoms with Gasteiger partial charge in [-0.2, -0.15) is 0 Å². The first-order valence-corrected chi connectivity index (χ1v) is 21.0. The van der Waals surface area contributed by atoms with E-state index >= 15 is 0 Å². The highest BCUT2D eigenvalue weighted by Crippen LogP contribution is 2.43. The molecule has 0 N–H and O–H groups in total. The van der Waals surface area contributed by atoms with Gasteiger partial charge in [-0.05, 0) is 130 Å². The number of fused-ring (bicyclic) bond motifs is 4. The zero-order valence-electron chi connectivity index (χ0n) is 33.6. The molecule has 0 aromatic heterocycles. The van der Waals surface area contributed by atoms with E-state index < -0.39 is 0 Å². The molecule has 0 spiro atoms. The first-order chi connectivity index (χ1) is 30.2. The molecule has 0 atom stereocenters. The second-order valence-corrected chi connectivity index (χ2v) is 15.7. The maximum atomic E-state index is 2.41. The van der Waals surface area contributed by atoms with Gasteiger partial charge in [-0.3, -0.25) is 0 Å². The molecule has 0 aliphatic carbocycles. The summed E-state index contributed by atoms with van der Waals surface area (Å²) in [4.78, 5) is 2.41. The Morgan fingerprint density at radius 3 is 1.38 bits per heavy atom. The number of benzene rings is 11. The van der Waals surface area contributed by atoms with Crippen LogP contribution < -0.4 is 4.90 Å². The Morgan fingerprint density at radius 1 is 0.197 bits per heavy atom. The summed E-state index contributed by atoms with van der Waals surface area (Å²) in [7, 11) is 0. The van der Waals surface area contributed by atoms with Crippen molar-refractivity contribution in [2.75, 3.05) is 4.90 Å². The van der Waals surface area contributed by atoms with Gasteiger partial charge in [0.25, 0.3) is 0 Å². The fourth-order valence-electron chi connectivity index (χ4n) is 8.97. The van der Waals surface area contributed by atoms with Crippen LogP contribution in [0.1, 0.15) is 0 Å². The normalized spacial score (nSPS) is 11.3. The van der Waals surface area contributed by atoms with Gasteiger partial charge in [0, 0.05) is 17.1 Å². The minimum Gasteiger partial charge on any atom is -0.310 e. The quantitative estimate of drug-likeness (QED) is 0.139. The fourth-order valence-corrected chi connectivity index (χ4v) is 8.97. The molecular formula is C60H41N. The molecule has 0 saturated carbocycles. The van der Waals surface area contributed by atoms with Crippen molar-refractivity contribution in [3.8, 4) is 55.6 Å². The van der Waals surface area contributed by atoms with Gasteiger partial charge in [0.1, 0.15) is 0 Å². The van der Waals surface area contributed by atoms with Crippen molar-refractivity contribution in [1.29, 1.82) is 0 Å². The third-order valence-electron chi connectivity index (χ3n) is 12.1. The molecule has 11 rings (SSSR count). The average molecular weight is 776 g/mol. The maximum absolute atomic E-state index is 2.41.